The second-order valence-electron chi connectivity index (χ2n) is 6.16. The van der Waals surface area contributed by atoms with E-state index in [4.69, 9.17) is 10.5 Å². The maximum atomic E-state index is 6.13. The van der Waals surface area contributed by atoms with E-state index in [0.29, 0.717) is 5.82 Å². The average molecular weight is 273 g/mol. The number of rotatable bonds is 2. The molecule has 20 heavy (non-hydrogen) atoms. The molecule has 108 valence electrons. The summed E-state index contributed by atoms with van der Waals surface area (Å²) in [4.78, 5) is 0. The van der Waals surface area contributed by atoms with Crippen molar-refractivity contribution in [2.24, 2.45) is 7.05 Å². The Morgan fingerprint density at radius 2 is 1.90 bits per heavy atom. The predicted octanol–water partition coefficient (Wildman–Crippen LogP) is 3.28. The highest BCUT2D eigenvalue weighted by Crippen LogP contribution is 2.42. The lowest BCUT2D eigenvalue weighted by atomic mass is 9.83. The van der Waals surface area contributed by atoms with E-state index in [1.54, 1.807) is 18.0 Å². The first-order chi connectivity index (χ1) is 9.27. The molecule has 0 fully saturated rings. The van der Waals surface area contributed by atoms with Crippen molar-refractivity contribution in [3.8, 4) is 16.9 Å². The molecule has 0 unspecified atom stereocenters. The van der Waals surface area contributed by atoms with Crippen molar-refractivity contribution in [3.05, 3.63) is 29.5 Å². The molecule has 1 aromatic carbocycles. The van der Waals surface area contributed by atoms with E-state index in [2.05, 4.69) is 44.9 Å². The molecule has 4 heteroatoms. The number of anilines is 1. The van der Waals surface area contributed by atoms with Gasteiger partial charge in [-0.1, -0.05) is 32.9 Å². The van der Waals surface area contributed by atoms with E-state index in [-0.39, 0.29) is 5.41 Å². The van der Waals surface area contributed by atoms with Gasteiger partial charge < -0.3 is 10.5 Å². The number of nitrogens with zero attached hydrogens (tertiary/aromatic N) is 2. The van der Waals surface area contributed by atoms with Crippen LogP contribution in [0.1, 0.15) is 31.9 Å². The van der Waals surface area contributed by atoms with E-state index in [0.717, 1.165) is 22.4 Å². The smallest absolute Gasteiger partial charge is 0.130 e. The number of ether oxygens (including phenoxy) is 1. The molecular weight excluding hydrogens is 250 g/mol. The quantitative estimate of drug-likeness (QED) is 0.913. The van der Waals surface area contributed by atoms with Crippen molar-refractivity contribution in [2.45, 2.75) is 33.1 Å². The highest BCUT2D eigenvalue weighted by atomic mass is 16.5. The minimum absolute atomic E-state index is 0.00473. The summed E-state index contributed by atoms with van der Waals surface area (Å²) in [6.45, 7) is 8.60. The zero-order valence-electron chi connectivity index (χ0n) is 13.1. The van der Waals surface area contributed by atoms with E-state index >= 15 is 0 Å². The van der Waals surface area contributed by atoms with Gasteiger partial charge in [-0.2, -0.15) is 5.10 Å². The number of benzene rings is 1. The van der Waals surface area contributed by atoms with Gasteiger partial charge in [-0.05, 0) is 17.9 Å². The molecule has 0 spiro atoms. The zero-order chi connectivity index (χ0) is 15.1. The normalized spacial score (nSPS) is 11.7. The number of aryl methyl sites for hydroxylation is 2. The molecular formula is C16H23N3O. The third kappa shape index (κ3) is 2.26. The molecule has 2 rings (SSSR count). The van der Waals surface area contributed by atoms with Crippen LogP contribution >= 0.6 is 0 Å². The second-order valence-corrected chi connectivity index (χ2v) is 6.16. The fourth-order valence-electron chi connectivity index (χ4n) is 2.46. The van der Waals surface area contributed by atoms with Gasteiger partial charge in [-0.25, -0.2) is 0 Å². The van der Waals surface area contributed by atoms with Gasteiger partial charge in [-0.15, -0.1) is 0 Å². The number of hydrogen-bond donors (Lipinski definition) is 1. The largest absolute Gasteiger partial charge is 0.496 e. The Bertz CT molecular complexity index is 636. The van der Waals surface area contributed by atoms with Crippen LogP contribution in [0.3, 0.4) is 0 Å². The van der Waals surface area contributed by atoms with Gasteiger partial charge >= 0.3 is 0 Å². The Balaban J connectivity index is 2.78. The van der Waals surface area contributed by atoms with Gasteiger partial charge in [0.05, 0.1) is 13.3 Å². The van der Waals surface area contributed by atoms with Crippen LogP contribution in [0, 0.1) is 6.92 Å². The van der Waals surface area contributed by atoms with Crippen LogP contribution in [0.15, 0.2) is 18.3 Å². The van der Waals surface area contributed by atoms with Crippen LogP contribution in [0.4, 0.5) is 5.82 Å². The summed E-state index contributed by atoms with van der Waals surface area (Å²) in [7, 11) is 3.55. The molecule has 0 amide bonds. The third-order valence-corrected chi connectivity index (χ3v) is 3.63. The first-order valence-corrected chi connectivity index (χ1v) is 6.73. The third-order valence-electron chi connectivity index (χ3n) is 3.63. The predicted molar refractivity (Wildman–Crippen MR) is 83.0 cm³/mol. The summed E-state index contributed by atoms with van der Waals surface area (Å²) in [5, 5.41) is 4.24. The van der Waals surface area contributed by atoms with Crippen LogP contribution in [-0.2, 0) is 12.5 Å². The minimum Gasteiger partial charge on any atom is -0.496 e. The molecule has 0 aliphatic rings. The molecule has 0 atom stereocenters. The number of methoxy groups -OCH3 is 1. The number of hydrogen-bond acceptors (Lipinski definition) is 3. The molecule has 4 nitrogen and oxygen atoms in total. The summed E-state index contributed by atoms with van der Waals surface area (Å²) in [6.07, 6.45) is 1.80. The van der Waals surface area contributed by atoms with Gasteiger partial charge in [-0.3, -0.25) is 4.68 Å². The zero-order valence-corrected chi connectivity index (χ0v) is 13.1. The molecule has 0 saturated carbocycles. The van der Waals surface area contributed by atoms with E-state index in [1.165, 1.54) is 5.56 Å². The number of nitrogen functional groups attached to an aromatic ring is 1. The minimum atomic E-state index is 0.00473. The molecule has 0 bridgehead atoms. The Morgan fingerprint density at radius 1 is 1.25 bits per heavy atom. The topological polar surface area (TPSA) is 53.1 Å². The van der Waals surface area contributed by atoms with Crippen molar-refractivity contribution in [1.29, 1.82) is 0 Å². The van der Waals surface area contributed by atoms with Gasteiger partial charge in [0.15, 0.2) is 0 Å². The lowest BCUT2D eigenvalue weighted by Crippen LogP contribution is -2.14. The van der Waals surface area contributed by atoms with E-state index in [1.807, 2.05) is 7.05 Å². The highest BCUT2D eigenvalue weighted by molar-refractivity contribution is 5.82. The molecule has 1 heterocycles. The SMILES string of the molecule is COc1c(C(C)(C)C)ccc(C)c1-c1cnn(C)c1N. The van der Waals surface area contributed by atoms with Crippen LogP contribution in [0.2, 0.25) is 0 Å². The maximum Gasteiger partial charge on any atom is 0.130 e. The molecule has 0 radical (unpaired) electrons. The molecule has 2 aromatic rings. The summed E-state index contributed by atoms with van der Waals surface area (Å²) >= 11 is 0. The van der Waals surface area contributed by atoms with Gasteiger partial charge in [0, 0.05) is 23.7 Å². The second kappa shape index (κ2) is 4.85. The van der Waals surface area contributed by atoms with Crippen molar-refractivity contribution in [1.82, 2.24) is 9.78 Å². The standard InChI is InChI=1S/C16H23N3O/c1-10-7-8-12(16(2,3)4)14(20-6)13(10)11-9-18-19(5)15(11)17/h7-9H,17H2,1-6H3. The maximum absolute atomic E-state index is 6.13. The van der Waals surface area contributed by atoms with Crippen LogP contribution in [0.5, 0.6) is 5.75 Å². The first-order valence-electron chi connectivity index (χ1n) is 6.73. The Kier molecular flexibility index (Phi) is 3.50. The molecule has 0 aliphatic heterocycles. The van der Waals surface area contributed by atoms with E-state index < -0.39 is 0 Å². The first kappa shape index (κ1) is 14.4. The summed E-state index contributed by atoms with van der Waals surface area (Å²) in [5.41, 5.74) is 10.4. The van der Waals surface area contributed by atoms with Crippen LogP contribution in [-0.4, -0.2) is 16.9 Å². The van der Waals surface area contributed by atoms with Crippen molar-refractivity contribution < 1.29 is 4.74 Å². The van der Waals surface area contributed by atoms with Crippen LogP contribution in [0.25, 0.3) is 11.1 Å². The number of nitrogens with two attached hydrogens (primary N) is 1. The van der Waals surface area contributed by atoms with E-state index in [9.17, 15) is 0 Å². The van der Waals surface area contributed by atoms with Crippen LogP contribution < -0.4 is 10.5 Å². The lowest BCUT2D eigenvalue weighted by molar-refractivity contribution is 0.399. The highest BCUT2D eigenvalue weighted by Gasteiger charge is 2.24. The lowest BCUT2D eigenvalue weighted by Gasteiger charge is -2.25. The summed E-state index contributed by atoms with van der Waals surface area (Å²) in [5.74, 6) is 1.54. The van der Waals surface area contributed by atoms with Crippen molar-refractivity contribution in [2.75, 3.05) is 12.8 Å². The summed E-state index contributed by atoms with van der Waals surface area (Å²) < 4.78 is 7.39. The molecule has 0 saturated heterocycles. The fourth-order valence-corrected chi connectivity index (χ4v) is 2.46. The molecule has 0 aliphatic carbocycles. The Morgan fingerprint density at radius 3 is 2.35 bits per heavy atom. The van der Waals surface area contributed by atoms with Gasteiger partial charge in [0.25, 0.3) is 0 Å². The monoisotopic (exact) mass is 273 g/mol. The Labute approximate surface area is 120 Å². The number of aromatic nitrogens is 2. The average Bonchev–Trinajstić information content (AvgIpc) is 2.68. The summed E-state index contributed by atoms with van der Waals surface area (Å²) in [6, 6.07) is 4.25. The van der Waals surface area contributed by atoms with Gasteiger partial charge in [0.1, 0.15) is 11.6 Å². The van der Waals surface area contributed by atoms with Crippen molar-refractivity contribution >= 4 is 5.82 Å². The van der Waals surface area contributed by atoms with Gasteiger partial charge in [0.2, 0.25) is 0 Å². The molecule has 2 N–H and O–H groups in total. The van der Waals surface area contributed by atoms with Crippen molar-refractivity contribution in [3.63, 3.8) is 0 Å². The fraction of sp³-hybridized carbons (Fsp3) is 0.438. The Hall–Kier alpha value is -1.97. The molecule has 1 aromatic heterocycles.